The zero-order valence-electron chi connectivity index (χ0n) is 17.6. The number of aliphatic imine (C=N–C) groups is 1. The third-order valence-corrected chi connectivity index (χ3v) is 4.49. The van der Waals surface area contributed by atoms with Crippen LogP contribution in [-0.2, 0) is 19.1 Å². The molecule has 10 heteroatoms. The summed E-state index contributed by atoms with van der Waals surface area (Å²) in [6, 6.07) is 9.29. The van der Waals surface area contributed by atoms with Crippen molar-refractivity contribution in [1.29, 1.82) is 0 Å². The molecule has 10 nitrogen and oxygen atoms in total. The van der Waals surface area contributed by atoms with Crippen LogP contribution in [0.1, 0.15) is 23.6 Å². The summed E-state index contributed by atoms with van der Waals surface area (Å²) >= 11 is 0. The summed E-state index contributed by atoms with van der Waals surface area (Å²) in [5, 5.41) is 11.2. The van der Waals surface area contributed by atoms with Gasteiger partial charge in [0.2, 0.25) is 5.90 Å². The van der Waals surface area contributed by atoms with E-state index >= 15 is 0 Å². The van der Waals surface area contributed by atoms with Crippen LogP contribution in [0, 0.1) is 17.0 Å². The number of ether oxygens (including phenoxy) is 4. The van der Waals surface area contributed by atoms with E-state index in [0.717, 1.165) is 0 Å². The Kier molecular flexibility index (Phi) is 6.83. The number of hydrogen-bond acceptors (Lipinski definition) is 9. The molecule has 0 fully saturated rings. The van der Waals surface area contributed by atoms with Gasteiger partial charge in [0, 0.05) is 17.2 Å². The van der Waals surface area contributed by atoms with E-state index in [4.69, 9.17) is 18.9 Å². The lowest BCUT2D eigenvalue weighted by atomic mass is 10.1. The van der Waals surface area contributed by atoms with Crippen molar-refractivity contribution in [2.24, 2.45) is 4.99 Å². The quantitative estimate of drug-likeness (QED) is 0.265. The van der Waals surface area contributed by atoms with Crippen LogP contribution in [0.15, 0.2) is 47.1 Å². The minimum Gasteiger partial charge on any atom is -0.493 e. The van der Waals surface area contributed by atoms with Crippen LogP contribution in [0.2, 0.25) is 0 Å². The van der Waals surface area contributed by atoms with Crippen molar-refractivity contribution < 1.29 is 33.5 Å². The van der Waals surface area contributed by atoms with Gasteiger partial charge in [0.25, 0.3) is 5.69 Å². The Bertz CT molecular complexity index is 1140. The molecule has 1 aliphatic rings. The van der Waals surface area contributed by atoms with E-state index in [0.29, 0.717) is 28.2 Å². The van der Waals surface area contributed by atoms with Crippen molar-refractivity contribution in [3.63, 3.8) is 0 Å². The van der Waals surface area contributed by atoms with Crippen LogP contribution in [0.5, 0.6) is 11.5 Å². The average molecular weight is 440 g/mol. The molecule has 2 aromatic rings. The highest BCUT2D eigenvalue weighted by Crippen LogP contribution is 2.30. The fraction of sp³-hybridized carbons (Fsp3) is 0.227. The van der Waals surface area contributed by atoms with Crippen LogP contribution >= 0.6 is 0 Å². The number of nitro benzene ring substituents is 1. The molecule has 1 heterocycles. The number of nitro groups is 1. The number of nitrogens with zero attached hydrogens (tertiary/aromatic N) is 2. The first-order valence-electron chi connectivity index (χ1n) is 9.57. The molecule has 0 N–H and O–H groups in total. The fourth-order valence-corrected chi connectivity index (χ4v) is 2.97. The summed E-state index contributed by atoms with van der Waals surface area (Å²) in [6.45, 7) is 3.24. The third-order valence-electron chi connectivity index (χ3n) is 4.49. The zero-order chi connectivity index (χ0) is 23.3. The Labute approximate surface area is 183 Å². The zero-order valence-corrected chi connectivity index (χ0v) is 17.6. The van der Waals surface area contributed by atoms with Gasteiger partial charge in [-0.05, 0) is 43.7 Å². The lowest BCUT2D eigenvalue weighted by Crippen LogP contribution is -2.14. The summed E-state index contributed by atoms with van der Waals surface area (Å²) in [5.41, 5.74) is 1.19. The van der Waals surface area contributed by atoms with Crippen LogP contribution in [0.4, 0.5) is 5.69 Å². The SMILES string of the molecule is CCOC(=O)COc1ccc(/C=C2\N=C(c3cccc([N+](=O)[O-])c3C)OC2=O)cc1OC. The average Bonchev–Trinajstić information content (AvgIpc) is 3.12. The molecule has 0 unspecified atom stereocenters. The van der Waals surface area contributed by atoms with E-state index in [9.17, 15) is 19.7 Å². The van der Waals surface area contributed by atoms with Gasteiger partial charge in [-0.3, -0.25) is 10.1 Å². The molecule has 0 radical (unpaired) electrons. The largest absolute Gasteiger partial charge is 0.493 e. The maximum Gasteiger partial charge on any atom is 0.363 e. The Morgan fingerprint density at radius 1 is 1.25 bits per heavy atom. The van der Waals surface area contributed by atoms with Crippen LogP contribution in [-0.4, -0.2) is 43.1 Å². The van der Waals surface area contributed by atoms with E-state index in [1.165, 1.54) is 25.3 Å². The lowest BCUT2D eigenvalue weighted by Gasteiger charge is -2.10. The van der Waals surface area contributed by atoms with Gasteiger partial charge in [0.15, 0.2) is 23.8 Å². The van der Waals surface area contributed by atoms with Gasteiger partial charge in [0.05, 0.1) is 18.6 Å². The maximum atomic E-state index is 12.3. The van der Waals surface area contributed by atoms with Crippen molar-refractivity contribution in [1.82, 2.24) is 0 Å². The third kappa shape index (κ3) is 4.91. The van der Waals surface area contributed by atoms with Crippen LogP contribution < -0.4 is 9.47 Å². The molecule has 3 rings (SSSR count). The normalized spacial score (nSPS) is 14.0. The predicted octanol–water partition coefficient (Wildman–Crippen LogP) is 3.20. The minimum atomic E-state index is -0.687. The molecule has 0 bridgehead atoms. The van der Waals surface area contributed by atoms with Crippen molar-refractivity contribution >= 4 is 29.6 Å². The van der Waals surface area contributed by atoms with Crippen molar-refractivity contribution in [2.75, 3.05) is 20.3 Å². The summed E-state index contributed by atoms with van der Waals surface area (Å²) in [5.74, 6) is -0.536. The second kappa shape index (κ2) is 9.73. The Morgan fingerprint density at radius 2 is 2.03 bits per heavy atom. The van der Waals surface area contributed by atoms with Gasteiger partial charge in [0.1, 0.15) is 0 Å². The summed E-state index contributed by atoms with van der Waals surface area (Å²) in [7, 11) is 1.44. The highest BCUT2D eigenvalue weighted by Gasteiger charge is 2.27. The number of esters is 2. The lowest BCUT2D eigenvalue weighted by molar-refractivity contribution is -0.385. The topological polar surface area (TPSA) is 127 Å². The highest BCUT2D eigenvalue weighted by molar-refractivity contribution is 6.13. The van der Waals surface area contributed by atoms with Crippen molar-refractivity contribution in [2.45, 2.75) is 13.8 Å². The molecule has 2 aromatic carbocycles. The summed E-state index contributed by atoms with van der Waals surface area (Å²) < 4.78 is 20.7. The van der Waals surface area contributed by atoms with E-state index < -0.39 is 16.9 Å². The maximum absolute atomic E-state index is 12.3. The van der Waals surface area contributed by atoms with Gasteiger partial charge in [-0.25, -0.2) is 14.6 Å². The molecular weight excluding hydrogens is 420 g/mol. The number of carbonyl (C=O) groups is 2. The van der Waals surface area contributed by atoms with Crippen LogP contribution in [0.25, 0.3) is 6.08 Å². The molecule has 0 saturated heterocycles. The van der Waals surface area contributed by atoms with E-state index in [2.05, 4.69) is 4.99 Å². The first kappa shape index (κ1) is 22.5. The number of benzene rings is 2. The molecule has 0 aliphatic carbocycles. The predicted molar refractivity (Wildman–Crippen MR) is 114 cm³/mol. The molecular formula is C22H20N2O8. The van der Waals surface area contributed by atoms with Gasteiger partial charge in [-0.1, -0.05) is 12.1 Å². The summed E-state index contributed by atoms with van der Waals surface area (Å²) in [4.78, 5) is 38.6. The molecule has 0 saturated carbocycles. The first-order chi connectivity index (χ1) is 15.3. The monoisotopic (exact) mass is 440 g/mol. The standard InChI is InChI=1S/C22H20N2O8/c1-4-30-20(25)12-31-18-9-8-14(11-19(18)29-3)10-16-22(26)32-21(23-16)15-6-5-7-17(13(15)2)24(27)28/h5-11H,4,12H2,1-3H3/b16-10-. The van der Waals surface area contributed by atoms with Crippen LogP contribution in [0.3, 0.4) is 0 Å². The minimum absolute atomic E-state index is 0.0104. The Hall–Kier alpha value is -4.21. The number of methoxy groups -OCH3 is 1. The second-order valence-electron chi connectivity index (χ2n) is 6.55. The molecule has 0 atom stereocenters. The number of carbonyl (C=O) groups excluding carboxylic acids is 2. The number of cyclic esters (lactones) is 1. The molecule has 166 valence electrons. The van der Waals surface area contributed by atoms with Gasteiger partial charge in [-0.15, -0.1) is 0 Å². The molecule has 0 aromatic heterocycles. The van der Waals surface area contributed by atoms with Crippen molar-refractivity contribution in [3.05, 3.63) is 68.9 Å². The highest BCUT2D eigenvalue weighted by atomic mass is 16.6. The van der Waals surface area contributed by atoms with Crippen molar-refractivity contribution in [3.8, 4) is 11.5 Å². The Balaban J connectivity index is 1.86. The first-order valence-corrected chi connectivity index (χ1v) is 9.57. The van der Waals surface area contributed by atoms with E-state index in [1.807, 2.05) is 0 Å². The molecule has 0 spiro atoms. The molecule has 0 amide bonds. The van der Waals surface area contributed by atoms with Gasteiger partial charge in [-0.2, -0.15) is 0 Å². The second-order valence-corrected chi connectivity index (χ2v) is 6.55. The number of rotatable bonds is 8. The Morgan fingerprint density at radius 3 is 2.72 bits per heavy atom. The van der Waals surface area contributed by atoms with E-state index in [1.54, 1.807) is 38.1 Å². The van der Waals surface area contributed by atoms with Gasteiger partial charge < -0.3 is 18.9 Å². The number of hydrogen-bond donors (Lipinski definition) is 0. The molecule has 32 heavy (non-hydrogen) atoms. The van der Waals surface area contributed by atoms with E-state index in [-0.39, 0.29) is 30.5 Å². The smallest absolute Gasteiger partial charge is 0.363 e. The fourth-order valence-electron chi connectivity index (χ4n) is 2.97. The van der Waals surface area contributed by atoms with Gasteiger partial charge >= 0.3 is 11.9 Å². The molecule has 1 aliphatic heterocycles. The summed E-state index contributed by atoms with van der Waals surface area (Å²) in [6.07, 6.45) is 1.49.